The topological polar surface area (TPSA) is 90.5 Å². The molecule has 1 aliphatic rings. The standard InChI is InChI=1S/C13H15F2N3O3/c14-9-5-8(12(19)20)11(6-10(9)15)18-13(21)17-7-1-3-16-4-2-7/h5-7,16H,1-4H2,(H,19,20)(H2,17,18,21). The Balaban J connectivity index is 2.09. The Morgan fingerprint density at radius 1 is 1.19 bits per heavy atom. The minimum absolute atomic E-state index is 0.0372. The Labute approximate surface area is 119 Å². The van der Waals surface area contributed by atoms with Crippen LogP contribution in [-0.4, -0.2) is 36.2 Å². The van der Waals surface area contributed by atoms with Crippen LogP contribution >= 0.6 is 0 Å². The number of anilines is 1. The number of carbonyl (C=O) groups excluding carboxylic acids is 1. The number of hydrogen-bond donors (Lipinski definition) is 4. The number of urea groups is 1. The van der Waals surface area contributed by atoms with Crippen LogP contribution in [0.2, 0.25) is 0 Å². The zero-order valence-electron chi connectivity index (χ0n) is 11.1. The first-order chi connectivity index (χ1) is 9.97. The summed E-state index contributed by atoms with van der Waals surface area (Å²) in [6, 6.07) is 0.513. The Morgan fingerprint density at radius 2 is 1.81 bits per heavy atom. The van der Waals surface area contributed by atoms with Crippen LogP contribution in [0.15, 0.2) is 12.1 Å². The fourth-order valence-corrected chi connectivity index (χ4v) is 2.14. The highest BCUT2D eigenvalue weighted by Crippen LogP contribution is 2.20. The second kappa shape index (κ2) is 6.49. The quantitative estimate of drug-likeness (QED) is 0.681. The van der Waals surface area contributed by atoms with Gasteiger partial charge in [0, 0.05) is 12.1 Å². The van der Waals surface area contributed by atoms with Crippen molar-refractivity contribution in [2.45, 2.75) is 18.9 Å². The molecule has 1 heterocycles. The molecule has 0 atom stereocenters. The van der Waals surface area contributed by atoms with Crippen molar-refractivity contribution in [3.63, 3.8) is 0 Å². The number of piperidine rings is 1. The van der Waals surface area contributed by atoms with Crippen molar-refractivity contribution in [1.82, 2.24) is 10.6 Å². The highest BCUT2D eigenvalue weighted by Gasteiger charge is 2.19. The third-order valence-corrected chi connectivity index (χ3v) is 3.21. The molecule has 8 heteroatoms. The van der Waals surface area contributed by atoms with E-state index in [1.54, 1.807) is 0 Å². The average Bonchev–Trinajstić information content (AvgIpc) is 2.43. The lowest BCUT2D eigenvalue weighted by Crippen LogP contribution is -2.44. The van der Waals surface area contributed by atoms with Gasteiger partial charge in [-0.15, -0.1) is 0 Å². The summed E-state index contributed by atoms with van der Waals surface area (Å²) in [6.07, 6.45) is 1.49. The lowest BCUT2D eigenvalue weighted by molar-refractivity contribution is 0.0697. The summed E-state index contributed by atoms with van der Waals surface area (Å²) in [4.78, 5) is 22.8. The number of halogens is 2. The Kier molecular flexibility index (Phi) is 4.69. The van der Waals surface area contributed by atoms with Crippen molar-refractivity contribution in [2.24, 2.45) is 0 Å². The van der Waals surface area contributed by atoms with Crippen molar-refractivity contribution in [3.05, 3.63) is 29.3 Å². The van der Waals surface area contributed by atoms with Crippen molar-refractivity contribution >= 4 is 17.7 Å². The minimum Gasteiger partial charge on any atom is -0.478 e. The maximum absolute atomic E-state index is 13.2. The second-order valence-electron chi connectivity index (χ2n) is 4.74. The zero-order valence-corrected chi connectivity index (χ0v) is 11.1. The third-order valence-electron chi connectivity index (χ3n) is 3.21. The molecular weight excluding hydrogens is 284 g/mol. The van der Waals surface area contributed by atoms with Gasteiger partial charge in [0.1, 0.15) is 0 Å². The molecule has 1 fully saturated rings. The summed E-state index contributed by atoms with van der Waals surface area (Å²) < 4.78 is 26.2. The smallest absolute Gasteiger partial charge is 0.337 e. The first-order valence-electron chi connectivity index (χ1n) is 6.48. The number of rotatable bonds is 3. The van der Waals surface area contributed by atoms with Gasteiger partial charge in [-0.1, -0.05) is 0 Å². The first kappa shape index (κ1) is 15.2. The molecule has 4 N–H and O–H groups in total. The number of amides is 2. The number of hydrogen-bond acceptors (Lipinski definition) is 3. The molecular formula is C13H15F2N3O3. The summed E-state index contributed by atoms with van der Waals surface area (Å²) in [6.45, 7) is 1.55. The van der Waals surface area contributed by atoms with Gasteiger partial charge < -0.3 is 21.1 Å². The zero-order chi connectivity index (χ0) is 15.4. The number of nitrogens with one attached hydrogen (secondary N) is 3. The molecule has 6 nitrogen and oxygen atoms in total. The fraction of sp³-hybridized carbons (Fsp3) is 0.385. The molecule has 0 aliphatic carbocycles. The number of aromatic carboxylic acids is 1. The molecule has 1 saturated heterocycles. The summed E-state index contributed by atoms with van der Waals surface area (Å²) in [5, 5.41) is 17.0. The Hall–Kier alpha value is -2.22. The molecule has 0 spiro atoms. The SMILES string of the molecule is O=C(Nc1cc(F)c(F)cc1C(=O)O)NC1CCNCC1. The largest absolute Gasteiger partial charge is 0.478 e. The van der Waals surface area contributed by atoms with E-state index in [2.05, 4.69) is 16.0 Å². The molecule has 1 aromatic rings. The van der Waals surface area contributed by atoms with Gasteiger partial charge in [-0.3, -0.25) is 0 Å². The summed E-state index contributed by atoms with van der Waals surface area (Å²) in [5.41, 5.74) is -0.790. The molecule has 0 bridgehead atoms. The molecule has 21 heavy (non-hydrogen) atoms. The van der Waals surface area contributed by atoms with Crippen molar-refractivity contribution in [1.29, 1.82) is 0 Å². The second-order valence-corrected chi connectivity index (χ2v) is 4.74. The van der Waals surface area contributed by atoms with Gasteiger partial charge in [-0.2, -0.15) is 0 Å². The number of benzene rings is 1. The van der Waals surface area contributed by atoms with Crippen LogP contribution in [0.1, 0.15) is 23.2 Å². The van der Waals surface area contributed by atoms with E-state index in [1.807, 2.05) is 0 Å². The Morgan fingerprint density at radius 3 is 2.43 bits per heavy atom. The molecule has 0 unspecified atom stereocenters. The minimum atomic E-state index is -1.45. The monoisotopic (exact) mass is 299 g/mol. The van der Waals surface area contributed by atoms with E-state index in [4.69, 9.17) is 5.11 Å². The van der Waals surface area contributed by atoms with E-state index < -0.39 is 29.2 Å². The van der Waals surface area contributed by atoms with Crippen LogP contribution in [0.25, 0.3) is 0 Å². The van der Waals surface area contributed by atoms with Crippen LogP contribution in [-0.2, 0) is 0 Å². The van der Waals surface area contributed by atoms with E-state index in [0.29, 0.717) is 12.1 Å². The van der Waals surface area contributed by atoms with Crippen LogP contribution in [0.3, 0.4) is 0 Å². The summed E-state index contributed by atoms with van der Waals surface area (Å²) in [7, 11) is 0. The van der Waals surface area contributed by atoms with E-state index in [9.17, 15) is 18.4 Å². The molecule has 114 valence electrons. The van der Waals surface area contributed by atoms with Gasteiger partial charge in [-0.25, -0.2) is 18.4 Å². The van der Waals surface area contributed by atoms with Crippen LogP contribution in [0, 0.1) is 11.6 Å². The van der Waals surface area contributed by atoms with E-state index in [1.165, 1.54) is 0 Å². The van der Waals surface area contributed by atoms with Gasteiger partial charge in [0.05, 0.1) is 11.3 Å². The van der Waals surface area contributed by atoms with Gasteiger partial charge in [0.2, 0.25) is 0 Å². The van der Waals surface area contributed by atoms with Gasteiger partial charge in [0.25, 0.3) is 0 Å². The van der Waals surface area contributed by atoms with Crippen LogP contribution in [0.5, 0.6) is 0 Å². The van der Waals surface area contributed by atoms with E-state index in [0.717, 1.165) is 25.9 Å². The predicted molar refractivity (Wildman–Crippen MR) is 71.4 cm³/mol. The molecule has 1 aromatic carbocycles. The predicted octanol–water partition coefficient (Wildman–Crippen LogP) is 1.54. The highest BCUT2D eigenvalue weighted by atomic mass is 19.2. The van der Waals surface area contributed by atoms with E-state index >= 15 is 0 Å². The molecule has 0 saturated carbocycles. The average molecular weight is 299 g/mol. The molecule has 2 amide bonds. The number of carboxylic acid groups (broad SMARTS) is 1. The molecule has 1 aliphatic heterocycles. The normalized spacial score (nSPS) is 15.5. The van der Waals surface area contributed by atoms with Crippen molar-refractivity contribution < 1.29 is 23.5 Å². The van der Waals surface area contributed by atoms with Crippen LogP contribution in [0.4, 0.5) is 19.3 Å². The maximum atomic E-state index is 13.2. The number of carboxylic acids is 1. The van der Waals surface area contributed by atoms with Gasteiger partial charge in [0.15, 0.2) is 11.6 Å². The molecule has 0 aromatic heterocycles. The highest BCUT2D eigenvalue weighted by molar-refractivity contribution is 6.00. The number of carbonyl (C=O) groups is 2. The van der Waals surface area contributed by atoms with Crippen molar-refractivity contribution in [3.8, 4) is 0 Å². The fourth-order valence-electron chi connectivity index (χ4n) is 2.14. The Bertz CT molecular complexity index is 560. The summed E-state index contributed by atoms with van der Waals surface area (Å²) in [5.74, 6) is -3.96. The van der Waals surface area contributed by atoms with Gasteiger partial charge in [-0.05, 0) is 32.0 Å². The molecule has 2 rings (SSSR count). The lowest BCUT2D eigenvalue weighted by Gasteiger charge is -2.23. The third kappa shape index (κ3) is 3.88. The van der Waals surface area contributed by atoms with Gasteiger partial charge >= 0.3 is 12.0 Å². The first-order valence-corrected chi connectivity index (χ1v) is 6.48. The molecule has 0 radical (unpaired) electrons. The van der Waals surface area contributed by atoms with E-state index in [-0.39, 0.29) is 11.7 Å². The van der Waals surface area contributed by atoms with Crippen LogP contribution < -0.4 is 16.0 Å². The maximum Gasteiger partial charge on any atom is 0.337 e. The van der Waals surface area contributed by atoms with Crippen molar-refractivity contribution in [2.75, 3.05) is 18.4 Å². The lowest BCUT2D eigenvalue weighted by atomic mass is 10.1. The summed E-state index contributed by atoms with van der Waals surface area (Å²) >= 11 is 0.